The molecule has 6 nitrogen and oxygen atoms in total. The van der Waals surface area contributed by atoms with Crippen LogP contribution < -0.4 is 5.32 Å². The van der Waals surface area contributed by atoms with Gasteiger partial charge in [0.2, 0.25) is 6.41 Å². The Hall–Kier alpha value is -3.28. The minimum Gasteiger partial charge on any atom is -0.508 e. The number of nitrogens with one attached hydrogen (secondary N) is 1. The summed E-state index contributed by atoms with van der Waals surface area (Å²) in [5.74, 6) is 1.63. The maximum atomic E-state index is 11.4. The summed E-state index contributed by atoms with van der Waals surface area (Å²) in [6.07, 6.45) is 3.14. The van der Waals surface area contributed by atoms with Crippen LogP contribution in [0.25, 0.3) is 32.9 Å². The Labute approximate surface area is 161 Å². The number of rotatable bonds is 5. The van der Waals surface area contributed by atoms with Crippen molar-refractivity contribution >= 4 is 33.9 Å². The molecule has 2 N–H and O–H groups in total. The number of aromatic hydroxyl groups is 1. The molecule has 2 aromatic carbocycles. The fraction of sp³-hybridized carbons (Fsp3) is 0.273. The lowest BCUT2D eigenvalue weighted by Crippen LogP contribution is -2.03. The molecule has 2 heterocycles. The smallest absolute Gasteiger partial charge is 0.211 e. The van der Waals surface area contributed by atoms with E-state index in [2.05, 4.69) is 21.1 Å². The van der Waals surface area contributed by atoms with Gasteiger partial charge in [0, 0.05) is 28.9 Å². The first kappa shape index (κ1) is 16.9. The molecule has 4 aromatic rings. The molecule has 28 heavy (non-hydrogen) atoms. The molecule has 1 fully saturated rings. The first-order valence-corrected chi connectivity index (χ1v) is 9.49. The Morgan fingerprint density at radius 2 is 2.07 bits per heavy atom. The zero-order chi connectivity index (χ0) is 19.4. The highest BCUT2D eigenvalue weighted by Crippen LogP contribution is 2.42. The number of phenols is 1. The third kappa shape index (κ3) is 2.56. The molecular formula is C22H21N3O3. The van der Waals surface area contributed by atoms with Crippen LogP contribution in [0, 0.1) is 19.8 Å². The summed E-state index contributed by atoms with van der Waals surface area (Å²) < 4.78 is 7.58. The van der Waals surface area contributed by atoms with Gasteiger partial charge in [0.25, 0.3) is 0 Å². The van der Waals surface area contributed by atoms with E-state index in [0.717, 1.165) is 56.6 Å². The lowest BCUT2D eigenvalue weighted by atomic mass is 10.00. The van der Waals surface area contributed by atoms with Crippen molar-refractivity contribution in [3.63, 3.8) is 0 Å². The monoisotopic (exact) mass is 375 g/mol. The van der Waals surface area contributed by atoms with Crippen molar-refractivity contribution < 1.29 is 14.4 Å². The maximum Gasteiger partial charge on any atom is 0.211 e. The highest BCUT2D eigenvalue weighted by atomic mass is 16.5. The van der Waals surface area contributed by atoms with Crippen molar-refractivity contribution in [2.75, 3.05) is 5.32 Å². The zero-order valence-corrected chi connectivity index (χ0v) is 15.8. The van der Waals surface area contributed by atoms with Gasteiger partial charge in [-0.25, -0.2) is 0 Å². The van der Waals surface area contributed by atoms with Crippen molar-refractivity contribution in [2.45, 2.75) is 33.2 Å². The van der Waals surface area contributed by atoms with Gasteiger partial charge < -0.3 is 19.5 Å². The number of aryl methyl sites for hydroxylation is 2. The first-order chi connectivity index (χ1) is 13.6. The van der Waals surface area contributed by atoms with E-state index in [4.69, 9.17) is 4.52 Å². The predicted molar refractivity (Wildman–Crippen MR) is 108 cm³/mol. The highest BCUT2D eigenvalue weighted by molar-refractivity contribution is 6.14. The molecule has 0 saturated heterocycles. The number of amides is 1. The second kappa shape index (κ2) is 6.12. The van der Waals surface area contributed by atoms with E-state index in [9.17, 15) is 9.90 Å². The Morgan fingerprint density at radius 3 is 2.75 bits per heavy atom. The minimum atomic E-state index is 0.239. The quantitative estimate of drug-likeness (QED) is 0.493. The molecule has 2 aromatic heterocycles. The third-order valence-corrected chi connectivity index (χ3v) is 5.62. The molecule has 0 unspecified atom stereocenters. The zero-order valence-electron chi connectivity index (χ0n) is 15.8. The number of hydrogen-bond acceptors (Lipinski definition) is 4. The number of fused-ring (bicyclic) bond motifs is 3. The number of phenolic OH excluding ortho intramolecular Hbond substituents is 1. The van der Waals surface area contributed by atoms with E-state index >= 15 is 0 Å². The molecule has 0 spiro atoms. The summed E-state index contributed by atoms with van der Waals surface area (Å²) in [7, 11) is 0. The van der Waals surface area contributed by atoms with Gasteiger partial charge in [-0.1, -0.05) is 5.16 Å². The molecule has 1 aliphatic rings. The second-order valence-corrected chi connectivity index (χ2v) is 7.64. The molecule has 0 aliphatic heterocycles. The number of nitrogens with zero attached hydrogens (tertiary/aromatic N) is 2. The number of carbonyl (C=O) groups excluding carboxylic acids is 1. The van der Waals surface area contributed by atoms with E-state index in [1.54, 1.807) is 12.1 Å². The van der Waals surface area contributed by atoms with Crippen LogP contribution in [0.2, 0.25) is 0 Å². The molecule has 1 aliphatic carbocycles. The van der Waals surface area contributed by atoms with E-state index in [-0.39, 0.29) is 5.75 Å². The second-order valence-electron chi connectivity index (χ2n) is 7.64. The summed E-state index contributed by atoms with van der Waals surface area (Å²) >= 11 is 0. The van der Waals surface area contributed by atoms with E-state index in [1.165, 1.54) is 12.8 Å². The van der Waals surface area contributed by atoms with Crippen molar-refractivity contribution in [3.05, 3.63) is 41.8 Å². The van der Waals surface area contributed by atoms with Crippen molar-refractivity contribution in [3.8, 4) is 16.9 Å². The summed E-state index contributed by atoms with van der Waals surface area (Å²) in [6, 6.07) is 9.56. The molecule has 0 atom stereocenters. The highest BCUT2D eigenvalue weighted by Gasteiger charge is 2.25. The molecular weight excluding hydrogens is 354 g/mol. The van der Waals surface area contributed by atoms with Crippen LogP contribution in [0.4, 0.5) is 5.69 Å². The average Bonchev–Trinajstić information content (AvgIpc) is 3.36. The lowest BCUT2D eigenvalue weighted by Gasteiger charge is -2.12. The molecule has 142 valence electrons. The van der Waals surface area contributed by atoms with E-state index in [0.29, 0.717) is 12.3 Å². The molecule has 5 rings (SSSR count). The summed E-state index contributed by atoms with van der Waals surface area (Å²) in [5, 5.41) is 19.1. The molecule has 6 heteroatoms. The third-order valence-electron chi connectivity index (χ3n) is 5.62. The summed E-state index contributed by atoms with van der Waals surface area (Å²) in [5.41, 5.74) is 5.42. The maximum absolute atomic E-state index is 11.4. The number of carbonyl (C=O) groups is 1. The van der Waals surface area contributed by atoms with Gasteiger partial charge in [-0.3, -0.25) is 4.79 Å². The topological polar surface area (TPSA) is 80.3 Å². The lowest BCUT2D eigenvalue weighted by molar-refractivity contribution is -0.105. The summed E-state index contributed by atoms with van der Waals surface area (Å²) in [4.78, 5) is 11.4. The van der Waals surface area contributed by atoms with E-state index < -0.39 is 0 Å². The van der Waals surface area contributed by atoms with Gasteiger partial charge in [-0.05, 0) is 62.4 Å². The Morgan fingerprint density at radius 1 is 1.25 bits per heavy atom. The predicted octanol–water partition coefficient (Wildman–Crippen LogP) is 4.75. The van der Waals surface area contributed by atoms with Crippen molar-refractivity contribution in [1.29, 1.82) is 0 Å². The van der Waals surface area contributed by atoms with Crippen LogP contribution in [-0.2, 0) is 11.3 Å². The van der Waals surface area contributed by atoms with Gasteiger partial charge in [0.05, 0.1) is 22.4 Å². The Balaban J connectivity index is 1.88. The number of anilines is 1. The van der Waals surface area contributed by atoms with Crippen LogP contribution >= 0.6 is 0 Å². The van der Waals surface area contributed by atoms with Crippen LogP contribution in [0.3, 0.4) is 0 Å². The van der Waals surface area contributed by atoms with Crippen molar-refractivity contribution in [1.82, 2.24) is 9.72 Å². The molecule has 1 saturated carbocycles. The van der Waals surface area contributed by atoms with Gasteiger partial charge in [-0.15, -0.1) is 0 Å². The van der Waals surface area contributed by atoms with Crippen molar-refractivity contribution in [2.24, 2.45) is 5.92 Å². The fourth-order valence-electron chi connectivity index (χ4n) is 4.18. The average molecular weight is 375 g/mol. The minimum absolute atomic E-state index is 0.239. The largest absolute Gasteiger partial charge is 0.508 e. The summed E-state index contributed by atoms with van der Waals surface area (Å²) in [6.45, 7) is 4.68. The first-order valence-electron chi connectivity index (χ1n) is 9.49. The number of aromatic nitrogens is 2. The number of hydrogen-bond donors (Lipinski definition) is 2. The van der Waals surface area contributed by atoms with E-state index in [1.807, 2.05) is 26.0 Å². The number of benzene rings is 2. The van der Waals surface area contributed by atoms with Crippen LogP contribution in [-0.4, -0.2) is 21.2 Å². The van der Waals surface area contributed by atoms with Gasteiger partial charge in [0.1, 0.15) is 11.5 Å². The van der Waals surface area contributed by atoms with Crippen LogP contribution in [0.1, 0.15) is 24.3 Å². The fourth-order valence-corrected chi connectivity index (χ4v) is 4.18. The SMILES string of the molecule is Cc1noc(C)c1-c1cc(NC=O)c2c(c1)c1ccc(O)cc1n2CC1CC1. The molecule has 0 radical (unpaired) electrons. The Kier molecular flexibility index (Phi) is 3.69. The van der Waals surface area contributed by atoms with Gasteiger partial charge in [0.15, 0.2) is 0 Å². The molecule has 0 bridgehead atoms. The molecule has 1 amide bonds. The van der Waals surface area contributed by atoms with Crippen LogP contribution in [0.5, 0.6) is 5.75 Å². The van der Waals surface area contributed by atoms with Gasteiger partial charge >= 0.3 is 0 Å². The van der Waals surface area contributed by atoms with Gasteiger partial charge in [-0.2, -0.15) is 0 Å². The Bertz CT molecular complexity index is 1210. The standard InChI is InChI=1S/C22H21N3O3/c1-12-21(13(2)28-24-12)15-7-18-17-6-5-16(27)9-20(17)25(10-14-3-4-14)22(18)19(8-15)23-11-26/h5-9,11,14,27H,3-4,10H2,1-2H3,(H,23,26). The normalized spacial score (nSPS) is 14.1. The van der Waals surface area contributed by atoms with Crippen LogP contribution in [0.15, 0.2) is 34.9 Å².